The number of pyridine rings is 1. The molecule has 18 heavy (non-hydrogen) atoms. The topological polar surface area (TPSA) is 47.0 Å². The molecule has 3 nitrogen and oxygen atoms in total. The number of nitrogen functional groups attached to an aromatic ring is 1. The Bertz CT molecular complexity index is 574. The first-order chi connectivity index (χ1) is 8.65. The molecular weight excluding hydrogens is 231 g/mol. The lowest BCUT2D eigenvalue weighted by Gasteiger charge is -1.94. The van der Waals surface area contributed by atoms with E-state index in [0.717, 1.165) is 0 Å². The maximum Gasteiger partial charge on any atom is 0.191 e. The molecule has 0 fully saturated rings. The van der Waals surface area contributed by atoms with Crippen molar-refractivity contribution in [3.8, 4) is 0 Å². The standard InChI is InChI=1S/C14H11FN2O/c15-12-3-1-11(2-4-12)14(18)7-10-17-8-5-13(16)6-9-17/h1-10,16H/p+1/b10-7+. The summed E-state index contributed by atoms with van der Waals surface area (Å²) >= 11 is 0. The van der Waals surface area contributed by atoms with Crippen LogP contribution in [0.2, 0.25) is 0 Å². The minimum absolute atomic E-state index is 0.181. The molecule has 2 aromatic rings. The van der Waals surface area contributed by atoms with Crippen LogP contribution in [0, 0.1) is 5.82 Å². The molecule has 0 spiro atoms. The van der Waals surface area contributed by atoms with E-state index in [9.17, 15) is 9.18 Å². The first-order valence-corrected chi connectivity index (χ1v) is 5.39. The van der Waals surface area contributed by atoms with Crippen molar-refractivity contribution >= 4 is 17.7 Å². The normalized spacial score (nSPS) is 10.7. The van der Waals surface area contributed by atoms with Gasteiger partial charge in [0, 0.05) is 23.4 Å². The molecule has 0 unspecified atom stereocenters. The molecule has 1 aromatic heterocycles. The van der Waals surface area contributed by atoms with E-state index in [2.05, 4.69) is 0 Å². The Morgan fingerprint density at radius 2 is 1.72 bits per heavy atom. The number of rotatable bonds is 3. The number of anilines is 1. The van der Waals surface area contributed by atoms with Gasteiger partial charge in [0.2, 0.25) is 0 Å². The summed E-state index contributed by atoms with van der Waals surface area (Å²) in [5.41, 5.74) is 6.65. The van der Waals surface area contributed by atoms with Gasteiger partial charge in [-0.2, -0.15) is 4.57 Å². The third-order valence-corrected chi connectivity index (χ3v) is 2.41. The summed E-state index contributed by atoms with van der Waals surface area (Å²) in [5.74, 6) is -0.539. The fourth-order valence-electron chi connectivity index (χ4n) is 1.41. The van der Waals surface area contributed by atoms with Crippen LogP contribution >= 0.6 is 0 Å². The van der Waals surface area contributed by atoms with Crippen LogP contribution in [0.1, 0.15) is 10.4 Å². The van der Waals surface area contributed by atoms with Crippen molar-refractivity contribution in [2.24, 2.45) is 0 Å². The molecule has 90 valence electrons. The van der Waals surface area contributed by atoms with Crippen molar-refractivity contribution in [2.75, 3.05) is 5.73 Å². The van der Waals surface area contributed by atoms with Crippen LogP contribution in [0.25, 0.3) is 6.20 Å². The van der Waals surface area contributed by atoms with Gasteiger partial charge >= 0.3 is 0 Å². The van der Waals surface area contributed by atoms with Gasteiger partial charge in [-0.05, 0) is 24.3 Å². The Morgan fingerprint density at radius 3 is 2.33 bits per heavy atom. The lowest BCUT2D eigenvalue weighted by Crippen LogP contribution is -2.24. The molecule has 1 heterocycles. The molecule has 0 amide bonds. The Kier molecular flexibility index (Phi) is 3.48. The van der Waals surface area contributed by atoms with Crippen LogP contribution in [0.5, 0.6) is 0 Å². The number of benzene rings is 1. The van der Waals surface area contributed by atoms with Crippen LogP contribution in [0.4, 0.5) is 10.1 Å². The van der Waals surface area contributed by atoms with Crippen molar-refractivity contribution in [1.29, 1.82) is 0 Å². The first-order valence-electron chi connectivity index (χ1n) is 5.39. The second kappa shape index (κ2) is 5.23. The van der Waals surface area contributed by atoms with Crippen molar-refractivity contribution in [3.05, 3.63) is 66.2 Å². The van der Waals surface area contributed by atoms with E-state index >= 15 is 0 Å². The highest BCUT2D eigenvalue weighted by Crippen LogP contribution is 2.04. The third-order valence-electron chi connectivity index (χ3n) is 2.41. The average Bonchev–Trinajstić information content (AvgIpc) is 2.38. The van der Waals surface area contributed by atoms with Crippen molar-refractivity contribution < 1.29 is 13.8 Å². The van der Waals surface area contributed by atoms with E-state index in [1.54, 1.807) is 35.3 Å². The minimum atomic E-state index is -0.358. The largest absolute Gasteiger partial charge is 0.398 e. The van der Waals surface area contributed by atoms with Gasteiger partial charge in [0.25, 0.3) is 0 Å². The van der Waals surface area contributed by atoms with Gasteiger partial charge in [-0.3, -0.25) is 4.79 Å². The maximum absolute atomic E-state index is 12.7. The SMILES string of the molecule is Nc1cc[n+](/C=C/C(=O)c2ccc(F)cc2)cc1. The van der Waals surface area contributed by atoms with Crippen molar-refractivity contribution in [2.45, 2.75) is 0 Å². The number of allylic oxidation sites excluding steroid dienone is 1. The molecule has 2 rings (SSSR count). The van der Waals surface area contributed by atoms with E-state index in [4.69, 9.17) is 5.73 Å². The second-order valence-electron chi connectivity index (χ2n) is 3.77. The molecule has 0 radical (unpaired) electrons. The quantitative estimate of drug-likeness (QED) is 0.509. The zero-order valence-corrected chi connectivity index (χ0v) is 9.58. The number of hydrogen-bond donors (Lipinski definition) is 1. The molecule has 2 N–H and O–H groups in total. The maximum atomic E-state index is 12.7. The second-order valence-corrected chi connectivity index (χ2v) is 3.77. The number of hydrogen-bond acceptors (Lipinski definition) is 2. The molecule has 0 atom stereocenters. The molecule has 4 heteroatoms. The van der Waals surface area contributed by atoms with E-state index in [1.165, 1.54) is 30.3 Å². The first kappa shape index (κ1) is 12.0. The number of nitrogens with zero attached hydrogens (tertiary/aromatic N) is 1. The van der Waals surface area contributed by atoms with Gasteiger partial charge in [-0.15, -0.1) is 0 Å². The van der Waals surface area contributed by atoms with E-state index in [1.807, 2.05) is 0 Å². The number of carbonyl (C=O) groups is 1. The molecule has 0 aliphatic carbocycles. The Hall–Kier alpha value is -2.49. The molecule has 0 saturated heterocycles. The van der Waals surface area contributed by atoms with Crippen LogP contribution < -0.4 is 10.3 Å². The van der Waals surface area contributed by atoms with Gasteiger partial charge in [-0.25, -0.2) is 4.39 Å². The number of nitrogens with two attached hydrogens (primary N) is 1. The molecule has 0 saturated carbocycles. The summed E-state index contributed by atoms with van der Waals surface area (Å²) in [6, 6.07) is 8.89. The fraction of sp³-hybridized carbons (Fsp3) is 0. The fourth-order valence-corrected chi connectivity index (χ4v) is 1.41. The van der Waals surface area contributed by atoms with Crippen LogP contribution in [0.3, 0.4) is 0 Å². The summed E-state index contributed by atoms with van der Waals surface area (Å²) in [6.07, 6.45) is 6.52. The van der Waals surface area contributed by atoms with Crippen LogP contribution in [-0.2, 0) is 0 Å². The highest BCUT2D eigenvalue weighted by Gasteiger charge is 2.03. The zero-order chi connectivity index (χ0) is 13.0. The highest BCUT2D eigenvalue weighted by molar-refractivity contribution is 6.05. The summed E-state index contributed by atoms with van der Waals surface area (Å²) in [6.45, 7) is 0. The van der Waals surface area contributed by atoms with E-state index in [0.29, 0.717) is 11.3 Å². The summed E-state index contributed by atoms with van der Waals surface area (Å²) in [7, 11) is 0. The Balaban J connectivity index is 2.11. The molecule has 0 bridgehead atoms. The van der Waals surface area contributed by atoms with Crippen LogP contribution in [-0.4, -0.2) is 5.78 Å². The van der Waals surface area contributed by atoms with Crippen molar-refractivity contribution in [1.82, 2.24) is 0 Å². The van der Waals surface area contributed by atoms with Crippen molar-refractivity contribution in [3.63, 3.8) is 0 Å². The monoisotopic (exact) mass is 243 g/mol. The summed E-state index contributed by atoms with van der Waals surface area (Å²) in [4.78, 5) is 11.7. The van der Waals surface area contributed by atoms with Gasteiger partial charge in [0.05, 0.1) is 6.08 Å². The lowest BCUT2D eigenvalue weighted by molar-refractivity contribution is -0.568. The predicted octanol–water partition coefficient (Wildman–Crippen LogP) is 2.05. The van der Waals surface area contributed by atoms with Gasteiger partial charge in [0.15, 0.2) is 24.4 Å². The smallest absolute Gasteiger partial charge is 0.191 e. The third kappa shape index (κ3) is 3.01. The predicted molar refractivity (Wildman–Crippen MR) is 67.1 cm³/mol. The number of carbonyl (C=O) groups excluding carboxylic acids is 1. The molecule has 0 aliphatic heterocycles. The minimum Gasteiger partial charge on any atom is -0.398 e. The van der Waals surface area contributed by atoms with Gasteiger partial charge in [0.1, 0.15) is 5.82 Å². The lowest BCUT2D eigenvalue weighted by atomic mass is 10.1. The number of ketones is 1. The van der Waals surface area contributed by atoms with E-state index < -0.39 is 0 Å². The van der Waals surface area contributed by atoms with Crippen LogP contribution in [0.15, 0.2) is 54.9 Å². The Labute approximate surface area is 104 Å². The summed E-state index contributed by atoms with van der Waals surface area (Å²) < 4.78 is 14.4. The summed E-state index contributed by atoms with van der Waals surface area (Å²) in [5, 5.41) is 0. The number of halogens is 1. The average molecular weight is 243 g/mol. The van der Waals surface area contributed by atoms with Gasteiger partial charge < -0.3 is 5.73 Å². The molecule has 0 aliphatic rings. The van der Waals surface area contributed by atoms with Gasteiger partial charge in [-0.1, -0.05) is 0 Å². The highest BCUT2D eigenvalue weighted by atomic mass is 19.1. The van der Waals surface area contributed by atoms with E-state index in [-0.39, 0.29) is 11.6 Å². The number of aromatic nitrogens is 1. The molecule has 1 aromatic carbocycles. The molecular formula is C14H12FN2O+. The Morgan fingerprint density at radius 1 is 1.11 bits per heavy atom. The zero-order valence-electron chi connectivity index (χ0n) is 9.58.